The quantitative estimate of drug-likeness (QED) is 0.758. The van der Waals surface area contributed by atoms with Gasteiger partial charge in [0.15, 0.2) is 0 Å². The molecule has 1 aromatic rings. The van der Waals surface area contributed by atoms with E-state index in [4.69, 9.17) is 11.6 Å². The van der Waals surface area contributed by atoms with E-state index in [9.17, 15) is 0 Å². The lowest BCUT2D eigenvalue weighted by Crippen LogP contribution is -2.54. The molecule has 0 radical (unpaired) electrons. The summed E-state index contributed by atoms with van der Waals surface area (Å²) in [5.41, 5.74) is 2.31. The fraction of sp³-hybridized carbons (Fsp3) is 0.667. The molecule has 0 amide bonds. The van der Waals surface area contributed by atoms with E-state index < -0.39 is 0 Å². The van der Waals surface area contributed by atoms with Gasteiger partial charge in [-0.3, -0.25) is 0 Å². The number of hydrogen-bond donors (Lipinski definition) is 1. The van der Waals surface area contributed by atoms with Crippen LogP contribution in [0.3, 0.4) is 0 Å². The molecule has 0 heterocycles. The van der Waals surface area contributed by atoms with Crippen molar-refractivity contribution in [1.82, 2.24) is 5.32 Å². The van der Waals surface area contributed by atoms with Crippen LogP contribution in [0.4, 0.5) is 0 Å². The predicted octanol–water partition coefficient (Wildman–Crippen LogP) is 4.93. The molecule has 3 rings (SSSR count). The average molecular weight is 292 g/mol. The summed E-state index contributed by atoms with van der Waals surface area (Å²) in [5.74, 6) is 0. The number of rotatable bonds is 5. The number of nitrogens with one attached hydrogen (secondary N) is 1. The van der Waals surface area contributed by atoms with Gasteiger partial charge in [-0.05, 0) is 55.7 Å². The molecule has 2 saturated carbocycles. The highest BCUT2D eigenvalue weighted by Crippen LogP contribution is 2.63. The van der Waals surface area contributed by atoms with E-state index in [0.717, 1.165) is 18.1 Å². The summed E-state index contributed by atoms with van der Waals surface area (Å²) in [6.45, 7) is 4.43. The number of halogens is 1. The van der Waals surface area contributed by atoms with Crippen molar-refractivity contribution in [3.63, 3.8) is 0 Å². The van der Waals surface area contributed by atoms with Gasteiger partial charge in [0.1, 0.15) is 0 Å². The van der Waals surface area contributed by atoms with Crippen LogP contribution in [-0.2, 0) is 5.41 Å². The SMILES string of the molecule is CCCNCC1(c2ccccc2Cl)CC2(CCCC2)C1. The summed E-state index contributed by atoms with van der Waals surface area (Å²) in [5, 5.41) is 4.61. The van der Waals surface area contributed by atoms with Gasteiger partial charge in [0, 0.05) is 17.0 Å². The highest BCUT2D eigenvalue weighted by molar-refractivity contribution is 6.31. The molecule has 20 heavy (non-hydrogen) atoms. The van der Waals surface area contributed by atoms with Crippen LogP contribution in [0.1, 0.15) is 57.4 Å². The van der Waals surface area contributed by atoms with Gasteiger partial charge < -0.3 is 5.32 Å². The second-order valence-electron chi connectivity index (χ2n) is 7.00. The zero-order chi connectivity index (χ0) is 14.1. The standard InChI is InChI=1S/C18H26ClN/c1-2-11-20-14-18(15-7-3-4-8-16(15)19)12-17(13-18)9-5-6-10-17/h3-4,7-8,20H,2,5-6,9-14H2,1H3. The van der Waals surface area contributed by atoms with Gasteiger partial charge in [0.2, 0.25) is 0 Å². The Morgan fingerprint density at radius 2 is 1.85 bits per heavy atom. The van der Waals surface area contributed by atoms with E-state index >= 15 is 0 Å². The third-order valence-electron chi connectivity index (χ3n) is 5.43. The summed E-state index contributed by atoms with van der Waals surface area (Å²) in [7, 11) is 0. The summed E-state index contributed by atoms with van der Waals surface area (Å²) in [6, 6.07) is 8.49. The Labute approximate surface area is 128 Å². The molecule has 0 unspecified atom stereocenters. The molecule has 2 aliphatic rings. The highest BCUT2D eigenvalue weighted by Gasteiger charge is 2.55. The van der Waals surface area contributed by atoms with E-state index in [1.54, 1.807) is 0 Å². The van der Waals surface area contributed by atoms with Crippen molar-refractivity contribution in [2.24, 2.45) is 5.41 Å². The van der Waals surface area contributed by atoms with E-state index in [0.29, 0.717) is 5.41 Å². The molecule has 0 atom stereocenters. The predicted molar refractivity (Wildman–Crippen MR) is 86.4 cm³/mol. The van der Waals surface area contributed by atoms with Crippen LogP contribution < -0.4 is 5.32 Å². The second kappa shape index (κ2) is 5.69. The Hall–Kier alpha value is -0.530. The number of hydrogen-bond acceptors (Lipinski definition) is 1. The van der Waals surface area contributed by atoms with Crippen LogP contribution in [0.2, 0.25) is 5.02 Å². The minimum Gasteiger partial charge on any atom is -0.316 e. The monoisotopic (exact) mass is 291 g/mol. The van der Waals surface area contributed by atoms with Crippen LogP contribution in [0.25, 0.3) is 0 Å². The van der Waals surface area contributed by atoms with Crippen LogP contribution in [0, 0.1) is 5.41 Å². The van der Waals surface area contributed by atoms with E-state index in [1.165, 1.54) is 50.5 Å². The first-order valence-electron chi connectivity index (χ1n) is 8.16. The van der Waals surface area contributed by atoms with Crippen molar-refractivity contribution in [3.05, 3.63) is 34.9 Å². The van der Waals surface area contributed by atoms with Crippen molar-refractivity contribution in [2.75, 3.05) is 13.1 Å². The maximum absolute atomic E-state index is 6.50. The van der Waals surface area contributed by atoms with E-state index in [-0.39, 0.29) is 5.41 Å². The van der Waals surface area contributed by atoms with Gasteiger partial charge in [-0.25, -0.2) is 0 Å². The fourth-order valence-corrected chi connectivity index (χ4v) is 5.01. The topological polar surface area (TPSA) is 12.0 Å². The minimum absolute atomic E-state index is 0.290. The van der Waals surface area contributed by atoms with Crippen molar-refractivity contribution < 1.29 is 0 Å². The van der Waals surface area contributed by atoms with Crippen LogP contribution >= 0.6 is 11.6 Å². The zero-order valence-electron chi connectivity index (χ0n) is 12.6. The maximum atomic E-state index is 6.50. The normalized spacial score (nSPS) is 22.9. The molecule has 2 aliphatic carbocycles. The molecule has 1 nitrogen and oxygen atoms in total. The second-order valence-corrected chi connectivity index (χ2v) is 7.40. The van der Waals surface area contributed by atoms with Gasteiger partial charge in [0.05, 0.1) is 0 Å². The van der Waals surface area contributed by atoms with Gasteiger partial charge >= 0.3 is 0 Å². The molecular weight excluding hydrogens is 266 g/mol. The van der Waals surface area contributed by atoms with Gasteiger partial charge in [0.25, 0.3) is 0 Å². The Balaban J connectivity index is 1.80. The first-order chi connectivity index (χ1) is 9.70. The summed E-state index contributed by atoms with van der Waals surface area (Å²) in [6.07, 6.45) is 9.60. The molecule has 1 spiro atoms. The lowest BCUT2D eigenvalue weighted by molar-refractivity contribution is 0.0272. The fourth-order valence-electron chi connectivity index (χ4n) is 4.67. The largest absolute Gasteiger partial charge is 0.316 e. The third-order valence-corrected chi connectivity index (χ3v) is 5.76. The molecule has 0 aromatic heterocycles. The molecule has 0 saturated heterocycles. The lowest BCUT2D eigenvalue weighted by Gasteiger charge is -2.56. The molecular formula is C18H26ClN. The molecule has 2 heteroatoms. The maximum Gasteiger partial charge on any atom is 0.0444 e. The first-order valence-corrected chi connectivity index (χ1v) is 8.53. The van der Waals surface area contributed by atoms with E-state index in [1.807, 2.05) is 6.07 Å². The first kappa shape index (κ1) is 14.4. The zero-order valence-corrected chi connectivity index (χ0v) is 13.3. The highest BCUT2D eigenvalue weighted by atomic mass is 35.5. The number of benzene rings is 1. The summed E-state index contributed by atoms with van der Waals surface area (Å²) < 4.78 is 0. The average Bonchev–Trinajstić information content (AvgIpc) is 2.87. The molecule has 0 aliphatic heterocycles. The van der Waals surface area contributed by atoms with Crippen LogP contribution in [0.5, 0.6) is 0 Å². The van der Waals surface area contributed by atoms with Gasteiger partial charge in [-0.15, -0.1) is 0 Å². The van der Waals surface area contributed by atoms with Crippen molar-refractivity contribution in [3.8, 4) is 0 Å². The third kappa shape index (κ3) is 2.51. The minimum atomic E-state index is 0.290. The summed E-state index contributed by atoms with van der Waals surface area (Å²) in [4.78, 5) is 0. The van der Waals surface area contributed by atoms with Gasteiger partial charge in [-0.2, -0.15) is 0 Å². The molecule has 1 N–H and O–H groups in total. The van der Waals surface area contributed by atoms with Gasteiger partial charge in [-0.1, -0.05) is 49.6 Å². The Bertz CT molecular complexity index is 454. The van der Waals surface area contributed by atoms with Crippen molar-refractivity contribution >= 4 is 11.6 Å². The Morgan fingerprint density at radius 3 is 2.50 bits per heavy atom. The Kier molecular flexibility index (Phi) is 4.10. The smallest absolute Gasteiger partial charge is 0.0444 e. The Morgan fingerprint density at radius 1 is 1.15 bits per heavy atom. The lowest BCUT2D eigenvalue weighted by atomic mass is 9.49. The van der Waals surface area contributed by atoms with Crippen LogP contribution in [0.15, 0.2) is 24.3 Å². The molecule has 1 aromatic carbocycles. The van der Waals surface area contributed by atoms with Crippen molar-refractivity contribution in [1.29, 1.82) is 0 Å². The molecule has 2 fully saturated rings. The van der Waals surface area contributed by atoms with Crippen molar-refractivity contribution in [2.45, 2.75) is 57.3 Å². The van der Waals surface area contributed by atoms with E-state index in [2.05, 4.69) is 30.4 Å². The van der Waals surface area contributed by atoms with Crippen LogP contribution in [-0.4, -0.2) is 13.1 Å². The molecule has 0 bridgehead atoms. The molecule has 110 valence electrons. The summed E-state index contributed by atoms with van der Waals surface area (Å²) >= 11 is 6.50.